The summed E-state index contributed by atoms with van der Waals surface area (Å²) in [4.78, 5) is 28.7. The van der Waals surface area contributed by atoms with Gasteiger partial charge in [0.2, 0.25) is 0 Å². The third-order valence-corrected chi connectivity index (χ3v) is 4.76. The highest BCUT2D eigenvalue weighted by Crippen LogP contribution is 2.33. The number of nitrogens with zero attached hydrogens (tertiary/aromatic N) is 1. The lowest BCUT2D eigenvalue weighted by Crippen LogP contribution is -2.32. The van der Waals surface area contributed by atoms with E-state index >= 15 is 0 Å². The zero-order chi connectivity index (χ0) is 20.8. The van der Waals surface area contributed by atoms with Crippen LogP contribution < -0.4 is 15.4 Å². The van der Waals surface area contributed by atoms with E-state index in [1.165, 1.54) is 0 Å². The maximum absolute atomic E-state index is 12.5. The first-order valence-electron chi connectivity index (χ1n) is 9.64. The fourth-order valence-corrected chi connectivity index (χ4v) is 3.23. The molecule has 0 bridgehead atoms. The van der Waals surface area contributed by atoms with Gasteiger partial charge in [-0.2, -0.15) is 0 Å². The van der Waals surface area contributed by atoms with Crippen LogP contribution in [-0.2, 0) is 11.3 Å². The number of carbonyl (C=O) groups excluding carboxylic acids is 2. The molecule has 4 rings (SSSR count). The van der Waals surface area contributed by atoms with E-state index in [2.05, 4.69) is 15.6 Å². The first kappa shape index (κ1) is 19.4. The molecule has 1 atom stereocenters. The second-order valence-corrected chi connectivity index (χ2v) is 6.84. The zero-order valence-electron chi connectivity index (χ0n) is 16.2. The van der Waals surface area contributed by atoms with Gasteiger partial charge in [-0.25, -0.2) is 4.79 Å². The van der Waals surface area contributed by atoms with Crippen molar-refractivity contribution in [1.82, 2.24) is 10.3 Å². The fraction of sp³-hybridized carbons (Fsp3) is 0.174. The van der Waals surface area contributed by atoms with Crippen LogP contribution in [0.2, 0.25) is 0 Å². The van der Waals surface area contributed by atoms with Crippen LogP contribution >= 0.6 is 0 Å². The summed E-state index contributed by atoms with van der Waals surface area (Å²) in [5, 5.41) is 5.70. The summed E-state index contributed by atoms with van der Waals surface area (Å²) in [6, 6.07) is 17.9. The van der Waals surface area contributed by atoms with Crippen molar-refractivity contribution in [1.29, 1.82) is 0 Å². The minimum Gasteiger partial charge on any atom is -0.493 e. The number of hydrogen-bond acceptors (Lipinski definition) is 5. The third-order valence-electron chi connectivity index (χ3n) is 4.76. The summed E-state index contributed by atoms with van der Waals surface area (Å²) in [5.74, 6) is 0.335. The Morgan fingerprint density at radius 2 is 1.87 bits per heavy atom. The van der Waals surface area contributed by atoms with Gasteiger partial charge in [-0.15, -0.1) is 0 Å². The van der Waals surface area contributed by atoms with Crippen LogP contribution in [0.1, 0.15) is 33.9 Å². The molecule has 7 nitrogen and oxygen atoms in total. The van der Waals surface area contributed by atoms with Crippen LogP contribution in [0.25, 0.3) is 0 Å². The van der Waals surface area contributed by atoms with E-state index < -0.39 is 6.09 Å². The first-order valence-corrected chi connectivity index (χ1v) is 9.64. The predicted molar refractivity (Wildman–Crippen MR) is 111 cm³/mol. The molecule has 0 saturated carbocycles. The number of rotatable bonds is 5. The number of pyridine rings is 1. The molecule has 2 aromatic carbocycles. The molecule has 2 N–H and O–H groups in total. The van der Waals surface area contributed by atoms with Crippen LogP contribution in [0.4, 0.5) is 10.5 Å². The molecule has 30 heavy (non-hydrogen) atoms. The maximum Gasteiger partial charge on any atom is 0.407 e. The number of anilines is 1. The quantitative estimate of drug-likeness (QED) is 0.670. The van der Waals surface area contributed by atoms with Crippen LogP contribution in [0.3, 0.4) is 0 Å². The Hall–Kier alpha value is -3.87. The van der Waals surface area contributed by atoms with E-state index in [1.54, 1.807) is 42.7 Å². The van der Waals surface area contributed by atoms with Crippen molar-refractivity contribution in [2.45, 2.75) is 19.1 Å². The standard InChI is InChI=1S/C23H21N3O4/c27-22(25-18-8-11-24-12-9-18)17-6-7-19-20(10-13-29-21(19)14-17)26-23(28)30-15-16-4-2-1-3-5-16/h1-9,11-12,14,20H,10,13,15H2,(H,26,28)(H,24,25,27). The third kappa shape index (κ3) is 4.75. The monoisotopic (exact) mass is 403 g/mol. The molecule has 1 aromatic heterocycles. The van der Waals surface area contributed by atoms with Crippen LogP contribution in [0, 0.1) is 0 Å². The molecule has 0 radical (unpaired) electrons. The van der Waals surface area contributed by atoms with Gasteiger partial charge >= 0.3 is 6.09 Å². The van der Waals surface area contributed by atoms with Crippen LogP contribution in [0.5, 0.6) is 5.75 Å². The number of ether oxygens (including phenoxy) is 2. The zero-order valence-corrected chi connectivity index (χ0v) is 16.2. The Kier molecular flexibility index (Phi) is 5.89. The van der Waals surface area contributed by atoms with E-state index in [9.17, 15) is 9.59 Å². The Morgan fingerprint density at radius 1 is 1.07 bits per heavy atom. The number of amides is 2. The van der Waals surface area contributed by atoms with Gasteiger partial charge in [0.1, 0.15) is 12.4 Å². The van der Waals surface area contributed by atoms with Crippen molar-refractivity contribution < 1.29 is 19.1 Å². The molecular weight excluding hydrogens is 382 g/mol. The van der Waals surface area contributed by atoms with Crippen molar-refractivity contribution in [2.24, 2.45) is 0 Å². The minimum atomic E-state index is -0.490. The van der Waals surface area contributed by atoms with E-state index in [4.69, 9.17) is 9.47 Å². The second kappa shape index (κ2) is 9.09. The molecule has 1 unspecified atom stereocenters. The predicted octanol–water partition coefficient (Wildman–Crippen LogP) is 4.08. The van der Waals surface area contributed by atoms with E-state index in [0.717, 1.165) is 11.1 Å². The topological polar surface area (TPSA) is 89.5 Å². The van der Waals surface area contributed by atoms with Gasteiger partial charge in [-0.1, -0.05) is 36.4 Å². The van der Waals surface area contributed by atoms with Gasteiger partial charge in [-0.3, -0.25) is 9.78 Å². The normalized spacial score (nSPS) is 14.7. The summed E-state index contributed by atoms with van der Waals surface area (Å²) >= 11 is 0. The molecule has 2 heterocycles. The van der Waals surface area contributed by atoms with Gasteiger partial charge in [0, 0.05) is 35.6 Å². The highest BCUT2D eigenvalue weighted by atomic mass is 16.5. The maximum atomic E-state index is 12.5. The van der Waals surface area contributed by atoms with Crippen molar-refractivity contribution >= 4 is 17.7 Å². The van der Waals surface area contributed by atoms with E-state index in [1.807, 2.05) is 30.3 Å². The summed E-state index contributed by atoms with van der Waals surface area (Å²) in [5.41, 5.74) is 2.87. The number of hydrogen-bond donors (Lipinski definition) is 2. The number of carbonyl (C=O) groups is 2. The lowest BCUT2D eigenvalue weighted by atomic mass is 9.98. The summed E-state index contributed by atoms with van der Waals surface area (Å²) in [7, 11) is 0. The van der Waals surface area contributed by atoms with Gasteiger partial charge in [0.15, 0.2) is 0 Å². The van der Waals surface area contributed by atoms with Crippen molar-refractivity contribution in [3.8, 4) is 5.75 Å². The lowest BCUT2D eigenvalue weighted by molar-refractivity contribution is 0.102. The average molecular weight is 403 g/mol. The highest BCUT2D eigenvalue weighted by molar-refractivity contribution is 6.04. The Labute approximate surface area is 174 Å². The smallest absolute Gasteiger partial charge is 0.407 e. The number of aromatic nitrogens is 1. The number of benzene rings is 2. The molecule has 0 aliphatic carbocycles. The Balaban J connectivity index is 1.40. The van der Waals surface area contributed by atoms with Crippen molar-refractivity contribution in [3.63, 3.8) is 0 Å². The summed E-state index contributed by atoms with van der Waals surface area (Å²) in [6.45, 7) is 0.642. The SMILES string of the molecule is O=C(NC1CCOc2cc(C(=O)Nc3ccncc3)ccc21)OCc1ccccc1. The summed E-state index contributed by atoms with van der Waals surface area (Å²) in [6.07, 6.45) is 3.35. The van der Waals surface area contributed by atoms with Gasteiger partial charge in [0.05, 0.1) is 12.6 Å². The Bertz CT molecular complexity index is 1030. The molecule has 1 aliphatic rings. The van der Waals surface area contributed by atoms with Gasteiger partial charge < -0.3 is 20.1 Å². The molecule has 0 saturated heterocycles. The largest absolute Gasteiger partial charge is 0.493 e. The molecule has 1 aliphatic heterocycles. The molecule has 152 valence electrons. The fourth-order valence-electron chi connectivity index (χ4n) is 3.23. The lowest BCUT2D eigenvalue weighted by Gasteiger charge is -2.26. The van der Waals surface area contributed by atoms with Crippen LogP contribution in [-0.4, -0.2) is 23.6 Å². The molecular formula is C23H21N3O4. The highest BCUT2D eigenvalue weighted by Gasteiger charge is 2.24. The Morgan fingerprint density at radius 3 is 2.67 bits per heavy atom. The van der Waals surface area contributed by atoms with Gasteiger partial charge in [-0.05, 0) is 29.8 Å². The number of alkyl carbamates (subject to hydrolysis) is 1. The molecule has 0 spiro atoms. The molecule has 0 fully saturated rings. The first-order chi connectivity index (χ1) is 14.7. The average Bonchev–Trinajstić information content (AvgIpc) is 2.79. The number of nitrogens with one attached hydrogen (secondary N) is 2. The molecule has 3 aromatic rings. The summed E-state index contributed by atoms with van der Waals surface area (Å²) < 4.78 is 11.0. The van der Waals surface area contributed by atoms with Crippen molar-refractivity contribution in [3.05, 3.63) is 89.7 Å². The van der Waals surface area contributed by atoms with E-state index in [0.29, 0.717) is 30.0 Å². The molecule has 7 heteroatoms. The molecule has 2 amide bonds. The van der Waals surface area contributed by atoms with Gasteiger partial charge in [0.25, 0.3) is 5.91 Å². The van der Waals surface area contributed by atoms with E-state index in [-0.39, 0.29) is 18.6 Å². The number of fused-ring (bicyclic) bond motifs is 1. The van der Waals surface area contributed by atoms with Crippen LogP contribution in [0.15, 0.2) is 73.1 Å². The second-order valence-electron chi connectivity index (χ2n) is 6.84. The van der Waals surface area contributed by atoms with Crippen molar-refractivity contribution in [2.75, 3.05) is 11.9 Å². The minimum absolute atomic E-state index is 0.205.